The zero-order valence-electron chi connectivity index (χ0n) is 12.7. The average Bonchev–Trinajstić information content (AvgIpc) is 2.92. The van der Waals surface area contributed by atoms with Gasteiger partial charge in [-0.1, -0.05) is 0 Å². The Hall–Kier alpha value is -2.11. The zero-order valence-corrected chi connectivity index (χ0v) is 15.1. The highest BCUT2D eigenvalue weighted by Crippen LogP contribution is 2.36. The van der Waals surface area contributed by atoms with Gasteiger partial charge in [0.2, 0.25) is 5.13 Å². The minimum absolute atomic E-state index is 0.0446. The minimum Gasteiger partial charge on any atom is -0.490 e. The van der Waals surface area contributed by atoms with Gasteiger partial charge in [0.25, 0.3) is 0 Å². The van der Waals surface area contributed by atoms with Gasteiger partial charge in [-0.05, 0) is 47.5 Å². The Kier molecular flexibility index (Phi) is 6.38. The van der Waals surface area contributed by atoms with Gasteiger partial charge < -0.3 is 9.47 Å². The normalized spacial score (nSPS) is 10.5. The summed E-state index contributed by atoms with van der Waals surface area (Å²) >= 11 is 4.92. The number of anilines is 1. The molecule has 1 N–H and O–H groups in total. The number of nitrogens with one attached hydrogen (secondary N) is 1. The first-order chi connectivity index (χ1) is 11.1. The quantitative estimate of drug-likeness (QED) is 0.567. The maximum Gasteiger partial charge on any atom is 0.203 e. The van der Waals surface area contributed by atoms with Crippen LogP contribution in [-0.2, 0) is 0 Å². The predicted octanol–water partition coefficient (Wildman–Crippen LogP) is 3.96. The Bertz CT molecular complexity index is 740. The summed E-state index contributed by atoms with van der Waals surface area (Å²) in [4.78, 5) is 4.26. The molecule has 1 aromatic carbocycles. The molecule has 0 aliphatic carbocycles. The molecule has 0 amide bonds. The van der Waals surface area contributed by atoms with Crippen molar-refractivity contribution >= 4 is 38.6 Å². The maximum atomic E-state index is 8.65. The van der Waals surface area contributed by atoms with Crippen molar-refractivity contribution in [1.82, 2.24) is 4.98 Å². The fourth-order valence-corrected chi connectivity index (χ4v) is 2.95. The van der Waals surface area contributed by atoms with Gasteiger partial charge in [-0.25, -0.2) is 4.98 Å². The number of hydrogen-bond donors (Lipinski definition) is 1. The number of aromatic nitrogens is 1. The molecule has 0 saturated carbocycles. The molecule has 1 aromatic heterocycles. The largest absolute Gasteiger partial charge is 0.490 e. The number of nitriles is 1. The van der Waals surface area contributed by atoms with Crippen molar-refractivity contribution in [2.45, 2.75) is 13.8 Å². The van der Waals surface area contributed by atoms with Crippen molar-refractivity contribution in [3.8, 4) is 17.6 Å². The van der Waals surface area contributed by atoms with Crippen molar-refractivity contribution in [2.75, 3.05) is 18.6 Å². The van der Waals surface area contributed by atoms with E-state index in [1.807, 2.05) is 31.4 Å². The highest BCUT2D eigenvalue weighted by atomic mass is 79.9. The summed E-state index contributed by atoms with van der Waals surface area (Å²) in [6.45, 7) is 4.26. The fraction of sp³-hybridized carbons (Fsp3) is 0.267. The summed E-state index contributed by atoms with van der Waals surface area (Å²) in [5, 5.41) is 15.5. The van der Waals surface area contributed by atoms with Crippen LogP contribution in [0.1, 0.15) is 18.2 Å². The lowest BCUT2D eigenvalue weighted by Crippen LogP contribution is -2.01. The molecular formula is C15H15BrN4O2S. The number of hydrogen-bond acceptors (Lipinski definition) is 7. The molecule has 0 radical (unpaired) electrons. The number of nitrogens with zero attached hydrogens (tertiary/aromatic N) is 3. The van der Waals surface area contributed by atoms with E-state index in [0.717, 1.165) is 16.4 Å². The second-order valence-electron chi connectivity index (χ2n) is 4.37. The summed E-state index contributed by atoms with van der Waals surface area (Å²) in [6, 6.07) is 5.59. The van der Waals surface area contributed by atoms with Gasteiger partial charge in [-0.3, -0.25) is 5.43 Å². The van der Waals surface area contributed by atoms with Crippen LogP contribution in [0.5, 0.6) is 11.5 Å². The minimum atomic E-state index is -0.0446. The number of aryl methyl sites for hydroxylation is 1. The standard InChI is InChI=1S/C15H15BrN4O2S/c1-3-21-13-7-11(6-12(16)14(13)22-5-4-17)8-18-20-15-19-10(2)9-23-15/h6-9H,3,5H2,1-2H3,(H,19,20). The van der Waals surface area contributed by atoms with Gasteiger partial charge in [0.1, 0.15) is 6.07 Å². The van der Waals surface area contributed by atoms with E-state index >= 15 is 0 Å². The molecule has 2 rings (SSSR count). The number of hydrazone groups is 1. The lowest BCUT2D eigenvalue weighted by atomic mass is 10.2. The maximum absolute atomic E-state index is 8.65. The van der Waals surface area contributed by atoms with E-state index in [9.17, 15) is 0 Å². The zero-order chi connectivity index (χ0) is 16.7. The molecule has 0 bridgehead atoms. The predicted molar refractivity (Wildman–Crippen MR) is 94.5 cm³/mol. The molecule has 8 heteroatoms. The molecule has 120 valence electrons. The summed E-state index contributed by atoms with van der Waals surface area (Å²) in [5.74, 6) is 1.07. The van der Waals surface area contributed by atoms with Crippen LogP contribution < -0.4 is 14.9 Å². The second-order valence-corrected chi connectivity index (χ2v) is 6.09. The highest BCUT2D eigenvalue weighted by Gasteiger charge is 2.11. The molecule has 6 nitrogen and oxygen atoms in total. The van der Waals surface area contributed by atoms with E-state index in [4.69, 9.17) is 14.7 Å². The highest BCUT2D eigenvalue weighted by molar-refractivity contribution is 9.10. The van der Waals surface area contributed by atoms with Crippen LogP contribution in [-0.4, -0.2) is 24.4 Å². The van der Waals surface area contributed by atoms with Gasteiger partial charge in [0, 0.05) is 5.38 Å². The van der Waals surface area contributed by atoms with Crippen LogP contribution >= 0.6 is 27.3 Å². The second kappa shape index (κ2) is 8.50. The van der Waals surface area contributed by atoms with Gasteiger partial charge in [0.05, 0.1) is 23.0 Å². The number of thiazole rings is 1. The van der Waals surface area contributed by atoms with Crippen LogP contribution in [0.15, 0.2) is 27.1 Å². The van der Waals surface area contributed by atoms with Crippen molar-refractivity contribution in [1.29, 1.82) is 5.26 Å². The molecule has 0 spiro atoms. The summed E-state index contributed by atoms with van der Waals surface area (Å²) in [5.41, 5.74) is 4.66. The fourth-order valence-electron chi connectivity index (χ4n) is 1.74. The topological polar surface area (TPSA) is 79.5 Å². The monoisotopic (exact) mass is 394 g/mol. The molecule has 23 heavy (non-hydrogen) atoms. The average molecular weight is 395 g/mol. The number of rotatable bonds is 7. The number of ether oxygens (including phenoxy) is 2. The first kappa shape index (κ1) is 17.2. The van der Waals surface area contributed by atoms with Crippen molar-refractivity contribution < 1.29 is 9.47 Å². The molecule has 0 aliphatic heterocycles. The molecule has 0 aliphatic rings. The third kappa shape index (κ3) is 4.94. The van der Waals surface area contributed by atoms with Gasteiger partial charge in [0.15, 0.2) is 18.1 Å². The lowest BCUT2D eigenvalue weighted by molar-refractivity contribution is 0.297. The van der Waals surface area contributed by atoms with Gasteiger partial charge in [-0.15, -0.1) is 11.3 Å². The summed E-state index contributed by atoms with van der Waals surface area (Å²) in [7, 11) is 0. The number of benzene rings is 1. The van der Waals surface area contributed by atoms with Gasteiger partial charge in [-0.2, -0.15) is 10.4 Å². The summed E-state index contributed by atoms with van der Waals surface area (Å²) < 4.78 is 11.7. The Morgan fingerprint density at radius 1 is 1.48 bits per heavy atom. The van der Waals surface area contributed by atoms with Gasteiger partial charge >= 0.3 is 0 Å². The summed E-state index contributed by atoms with van der Waals surface area (Å²) in [6.07, 6.45) is 1.66. The molecular weight excluding hydrogens is 380 g/mol. The lowest BCUT2D eigenvalue weighted by Gasteiger charge is -2.12. The van der Waals surface area contributed by atoms with E-state index in [2.05, 4.69) is 31.4 Å². The molecule has 0 saturated heterocycles. The molecule has 0 fully saturated rings. The van der Waals surface area contributed by atoms with E-state index in [0.29, 0.717) is 22.6 Å². The van der Waals surface area contributed by atoms with Crippen molar-refractivity contribution in [3.05, 3.63) is 33.2 Å². The SMILES string of the molecule is CCOc1cc(C=NNc2nc(C)cs2)cc(Br)c1OCC#N. The Morgan fingerprint density at radius 2 is 2.30 bits per heavy atom. The van der Waals surface area contributed by atoms with Crippen LogP contribution in [0, 0.1) is 18.3 Å². The third-order valence-electron chi connectivity index (χ3n) is 2.61. The van der Waals surface area contributed by atoms with Crippen LogP contribution in [0.4, 0.5) is 5.13 Å². The van der Waals surface area contributed by atoms with E-state index in [1.165, 1.54) is 11.3 Å². The van der Waals surface area contributed by atoms with E-state index in [-0.39, 0.29) is 6.61 Å². The van der Waals surface area contributed by atoms with E-state index in [1.54, 1.807) is 12.3 Å². The van der Waals surface area contributed by atoms with Crippen LogP contribution in [0.25, 0.3) is 0 Å². The smallest absolute Gasteiger partial charge is 0.203 e. The van der Waals surface area contributed by atoms with Crippen LogP contribution in [0.2, 0.25) is 0 Å². The third-order valence-corrected chi connectivity index (χ3v) is 4.06. The van der Waals surface area contributed by atoms with Crippen molar-refractivity contribution in [3.63, 3.8) is 0 Å². The first-order valence-electron chi connectivity index (χ1n) is 6.81. The molecule has 2 aromatic rings. The Balaban J connectivity index is 2.16. The number of halogens is 1. The Morgan fingerprint density at radius 3 is 2.96 bits per heavy atom. The van der Waals surface area contributed by atoms with E-state index < -0.39 is 0 Å². The van der Waals surface area contributed by atoms with Crippen LogP contribution in [0.3, 0.4) is 0 Å². The molecule has 0 unspecified atom stereocenters. The van der Waals surface area contributed by atoms with Crippen molar-refractivity contribution in [2.24, 2.45) is 5.10 Å². The Labute approximate surface area is 146 Å². The molecule has 1 heterocycles. The molecule has 0 atom stereocenters. The first-order valence-corrected chi connectivity index (χ1v) is 8.48.